The molecule has 0 saturated carbocycles. The van der Waals surface area contributed by atoms with E-state index in [0.717, 1.165) is 6.07 Å². The Kier molecular flexibility index (Phi) is 1.48. The summed E-state index contributed by atoms with van der Waals surface area (Å²) in [5.74, 6) is -1.46. The third-order valence-electron chi connectivity index (χ3n) is 0.975. The van der Waals surface area contributed by atoms with Gasteiger partial charge in [-0.3, -0.25) is 0 Å². The SMILES string of the molecule is [2H]c1ccc(F)c(C(F)(F)F)n1. The van der Waals surface area contributed by atoms with Gasteiger partial charge in [-0.2, -0.15) is 13.2 Å². The first-order valence-electron chi connectivity index (χ1n) is 3.11. The summed E-state index contributed by atoms with van der Waals surface area (Å²) in [5.41, 5.74) is -1.64. The van der Waals surface area contributed by atoms with Gasteiger partial charge in [0.1, 0.15) is 0 Å². The van der Waals surface area contributed by atoms with E-state index in [9.17, 15) is 17.6 Å². The largest absolute Gasteiger partial charge is 0.436 e. The molecule has 0 aliphatic carbocycles. The Balaban J connectivity index is 3.23. The fraction of sp³-hybridized carbons (Fsp3) is 0.167. The first-order valence-corrected chi connectivity index (χ1v) is 2.61. The molecule has 0 atom stereocenters. The van der Waals surface area contributed by atoms with Gasteiger partial charge in [0.2, 0.25) is 0 Å². The van der Waals surface area contributed by atoms with E-state index in [1.54, 1.807) is 0 Å². The molecule has 0 N–H and O–H groups in total. The third kappa shape index (κ3) is 1.66. The van der Waals surface area contributed by atoms with Crippen LogP contribution in [0, 0.1) is 5.82 Å². The monoisotopic (exact) mass is 166 g/mol. The molecule has 0 aromatic carbocycles. The van der Waals surface area contributed by atoms with E-state index in [0.29, 0.717) is 6.07 Å². The maximum absolute atomic E-state index is 12.4. The maximum atomic E-state index is 12.4. The van der Waals surface area contributed by atoms with Crippen LogP contribution in [0.4, 0.5) is 17.6 Å². The molecule has 1 aromatic rings. The van der Waals surface area contributed by atoms with Crippen LogP contribution in [0.2, 0.25) is 0 Å². The number of pyridine rings is 1. The summed E-state index contributed by atoms with van der Waals surface area (Å²) in [4.78, 5) is 2.71. The van der Waals surface area contributed by atoms with Gasteiger partial charge in [-0.1, -0.05) is 0 Å². The minimum atomic E-state index is -4.83. The molecule has 0 radical (unpaired) electrons. The average molecular weight is 166 g/mol. The molecule has 11 heavy (non-hydrogen) atoms. The van der Waals surface area contributed by atoms with E-state index in [1.807, 2.05) is 0 Å². The van der Waals surface area contributed by atoms with E-state index in [1.165, 1.54) is 0 Å². The van der Waals surface area contributed by atoms with Crippen LogP contribution in [0.5, 0.6) is 0 Å². The van der Waals surface area contributed by atoms with E-state index >= 15 is 0 Å². The summed E-state index contributed by atoms with van der Waals surface area (Å²) in [7, 11) is 0. The van der Waals surface area contributed by atoms with Gasteiger partial charge in [0.05, 0.1) is 1.37 Å². The molecular formula is C6H3F4N. The van der Waals surface area contributed by atoms with Gasteiger partial charge in [0, 0.05) is 6.17 Å². The number of hydrogen-bond donors (Lipinski definition) is 0. The van der Waals surface area contributed by atoms with Gasteiger partial charge < -0.3 is 0 Å². The van der Waals surface area contributed by atoms with Gasteiger partial charge >= 0.3 is 6.18 Å². The van der Waals surface area contributed by atoms with Crippen LogP contribution in [0.1, 0.15) is 7.06 Å². The van der Waals surface area contributed by atoms with Crippen LogP contribution < -0.4 is 0 Å². The molecule has 1 aromatic heterocycles. The summed E-state index contributed by atoms with van der Waals surface area (Å²) < 4.78 is 54.7. The Morgan fingerprint density at radius 3 is 2.55 bits per heavy atom. The average Bonchev–Trinajstić information content (AvgIpc) is 1.92. The molecule has 0 aliphatic rings. The zero-order valence-corrected chi connectivity index (χ0v) is 5.11. The van der Waals surface area contributed by atoms with Crippen LogP contribution in [0.25, 0.3) is 0 Å². The van der Waals surface area contributed by atoms with Crippen molar-refractivity contribution in [2.75, 3.05) is 0 Å². The van der Waals surface area contributed by atoms with Crippen LogP contribution in [-0.4, -0.2) is 4.98 Å². The molecule has 0 aliphatic heterocycles. The molecule has 0 amide bonds. The van der Waals surface area contributed by atoms with Crippen molar-refractivity contribution in [2.45, 2.75) is 6.18 Å². The molecule has 0 saturated heterocycles. The second kappa shape index (κ2) is 2.48. The lowest BCUT2D eigenvalue weighted by Crippen LogP contribution is -2.10. The number of halogens is 4. The number of rotatable bonds is 0. The van der Waals surface area contributed by atoms with E-state index in [4.69, 9.17) is 1.37 Å². The van der Waals surface area contributed by atoms with Crippen LogP contribution in [0.3, 0.4) is 0 Å². The fourth-order valence-electron chi connectivity index (χ4n) is 0.543. The first kappa shape index (κ1) is 6.57. The van der Waals surface area contributed by atoms with Gasteiger partial charge in [-0.05, 0) is 12.1 Å². The summed E-state index contributed by atoms with van der Waals surface area (Å²) in [6, 6.07) is 1.42. The Bertz CT molecular complexity index is 296. The zero-order chi connectivity index (χ0) is 9.35. The van der Waals surface area contributed by atoms with E-state index < -0.39 is 23.9 Å². The minimum absolute atomic E-state index is 0.568. The predicted molar refractivity (Wildman–Crippen MR) is 29.2 cm³/mol. The summed E-state index contributed by atoms with van der Waals surface area (Å²) in [6.07, 6.45) is -5.44. The minimum Gasteiger partial charge on any atom is -0.249 e. The molecule has 0 unspecified atom stereocenters. The second-order valence-electron chi connectivity index (χ2n) is 1.77. The number of nitrogens with zero attached hydrogens (tertiary/aromatic N) is 1. The lowest BCUT2D eigenvalue weighted by molar-refractivity contribution is -0.143. The number of aromatic nitrogens is 1. The zero-order valence-electron chi connectivity index (χ0n) is 6.11. The highest BCUT2D eigenvalue weighted by Gasteiger charge is 2.35. The number of hydrogen-bond acceptors (Lipinski definition) is 1. The summed E-state index contributed by atoms with van der Waals surface area (Å²) in [6.45, 7) is 0. The van der Waals surface area contributed by atoms with Crippen LogP contribution in [0.15, 0.2) is 18.3 Å². The van der Waals surface area contributed by atoms with E-state index in [2.05, 4.69) is 4.98 Å². The highest BCUT2D eigenvalue weighted by Crippen LogP contribution is 2.28. The first-order chi connectivity index (χ1) is 5.41. The van der Waals surface area contributed by atoms with Gasteiger partial charge in [0.15, 0.2) is 11.5 Å². The molecule has 0 fully saturated rings. The lowest BCUT2D eigenvalue weighted by Gasteiger charge is -2.04. The third-order valence-corrected chi connectivity index (χ3v) is 0.975. The topological polar surface area (TPSA) is 12.9 Å². The van der Waals surface area contributed by atoms with Crippen molar-refractivity contribution in [3.63, 3.8) is 0 Å². The fourth-order valence-corrected chi connectivity index (χ4v) is 0.543. The second-order valence-corrected chi connectivity index (χ2v) is 1.77. The van der Waals surface area contributed by atoms with Crippen molar-refractivity contribution >= 4 is 0 Å². The van der Waals surface area contributed by atoms with Crippen molar-refractivity contribution in [2.24, 2.45) is 0 Å². The Hall–Kier alpha value is -1.13. The molecule has 0 bridgehead atoms. The summed E-state index contributed by atoms with van der Waals surface area (Å²) in [5, 5.41) is 0. The van der Waals surface area contributed by atoms with Crippen molar-refractivity contribution in [3.05, 3.63) is 29.8 Å². The molecule has 5 heteroatoms. The van der Waals surface area contributed by atoms with Crippen LogP contribution >= 0.6 is 0 Å². The Labute approximate surface area is 61.1 Å². The van der Waals surface area contributed by atoms with Crippen molar-refractivity contribution < 1.29 is 18.9 Å². The predicted octanol–water partition coefficient (Wildman–Crippen LogP) is 2.24. The molecule has 60 valence electrons. The molecular weight excluding hydrogens is 162 g/mol. The maximum Gasteiger partial charge on any atom is 0.436 e. The highest BCUT2D eigenvalue weighted by atomic mass is 19.4. The summed E-state index contributed by atoms with van der Waals surface area (Å²) >= 11 is 0. The Morgan fingerprint density at radius 2 is 2.09 bits per heavy atom. The van der Waals surface area contributed by atoms with Gasteiger partial charge in [-0.15, -0.1) is 0 Å². The van der Waals surface area contributed by atoms with Crippen molar-refractivity contribution in [1.29, 1.82) is 0 Å². The van der Waals surface area contributed by atoms with Crippen molar-refractivity contribution in [1.82, 2.24) is 4.98 Å². The standard InChI is InChI=1S/C6H3F4N/c7-4-2-1-3-11-5(4)6(8,9)10/h1-3H/i3D. The van der Waals surface area contributed by atoms with Crippen molar-refractivity contribution in [3.8, 4) is 0 Å². The molecule has 0 spiro atoms. The Morgan fingerprint density at radius 1 is 1.45 bits per heavy atom. The quantitative estimate of drug-likeness (QED) is 0.538. The lowest BCUT2D eigenvalue weighted by atomic mass is 10.3. The molecule has 1 nitrogen and oxygen atoms in total. The van der Waals surface area contributed by atoms with E-state index in [-0.39, 0.29) is 0 Å². The van der Waals surface area contributed by atoms with Crippen LogP contribution in [-0.2, 0) is 6.18 Å². The van der Waals surface area contributed by atoms with Gasteiger partial charge in [-0.25, -0.2) is 9.37 Å². The number of alkyl halides is 3. The normalized spacial score (nSPS) is 12.9. The smallest absolute Gasteiger partial charge is 0.249 e. The molecule has 1 heterocycles. The highest BCUT2D eigenvalue weighted by molar-refractivity contribution is 5.09. The van der Waals surface area contributed by atoms with Gasteiger partial charge in [0.25, 0.3) is 0 Å². The molecule has 1 rings (SSSR count).